The van der Waals surface area contributed by atoms with Gasteiger partial charge in [-0.25, -0.2) is 26.4 Å². The molecule has 1 aliphatic heterocycles. The molecule has 0 radical (unpaired) electrons. The molecule has 0 bridgehead atoms. The number of hydrazine groups is 1. The van der Waals surface area contributed by atoms with E-state index in [0.29, 0.717) is 17.9 Å². The maximum absolute atomic E-state index is 13.2. The van der Waals surface area contributed by atoms with Crippen LogP contribution in [0.15, 0.2) is 0 Å². The molecule has 0 saturated carbocycles. The van der Waals surface area contributed by atoms with Gasteiger partial charge in [-0.05, 0) is 0 Å². The van der Waals surface area contributed by atoms with Gasteiger partial charge in [-0.2, -0.15) is 0 Å². The third-order valence-electron chi connectivity index (χ3n) is 5.06. The third-order valence-corrected chi connectivity index (χ3v) is 11.2. The number of ether oxygens (including phenoxy) is 2. The zero-order chi connectivity index (χ0) is 29.3. The van der Waals surface area contributed by atoms with Crippen molar-refractivity contribution < 1.29 is 45.5 Å². The van der Waals surface area contributed by atoms with Gasteiger partial charge in [0.1, 0.15) is 11.6 Å². The summed E-state index contributed by atoms with van der Waals surface area (Å²) in [5.74, 6) is -1.03. The van der Waals surface area contributed by atoms with Gasteiger partial charge < -0.3 is 20.1 Å². The molecule has 0 aromatic heterocycles. The summed E-state index contributed by atoms with van der Waals surface area (Å²) in [6, 6.07) is -2.68. The maximum Gasteiger partial charge on any atom is 0.351 e. The number of carbonyl (C=O) groups excluding carboxylic acids is 4. The molecule has 1 rings (SSSR count). The van der Waals surface area contributed by atoms with Gasteiger partial charge in [0.15, 0.2) is 0 Å². The number of hydrogen-bond acceptors (Lipinski definition) is 12. The quantitative estimate of drug-likeness (QED) is 0.256. The molecule has 0 aromatic rings. The Morgan fingerprint density at radius 1 is 0.692 bits per heavy atom. The summed E-state index contributed by atoms with van der Waals surface area (Å²) in [6.07, 6.45) is 1.10. The van der Waals surface area contributed by atoms with E-state index in [-0.39, 0.29) is 84.3 Å². The highest BCUT2D eigenvalue weighted by Gasteiger charge is 2.43. The second-order valence-corrected chi connectivity index (χ2v) is 14.4. The molecule has 14 nitrogen and oxygen atoms in total. The van der Waals surface area contributed by atoms with Crippen LogP contribution in [0.4, 0.5) is 9.59 Å². The van der Waals surface area contributed by atoms with Gasteiger partial charge in [-0.3, -0.25) is 9.59 Å². The molecule has 0 aliphatic carbocycles. The Kier molecular flexibility index (Phi) is 17.0. The molecule has 0 aromatic carbocycles. The monoisotopic (exact) mass is 634 g/mol. The second kappa shape index (κ2) is 18.7. The molecule has 0 unspecified atom stereocenters. The lowest BCUT2D eigenvalue weighted by atomic mass is 10.2. The van der Waals surface area contributed by atoms with E-state index >= 15 is 0 Å². The van der Waals surface area contributed by atoms with E-state index in [1.165, 1.54) is 23.5 Å². The van der Waals surface area contributed by atoms with Crippen molar-refractivity contribution in [3.8, 4) is 0 Å². The van der Waals surface area contributed by atoms with Crippen LogP contribution in [0, 0.1) is 0 Å². The minimum Gasteiger partial charge on any atom is -0.379 e. The number of thioether (sulfide) groups is 2. The summed E-state index contributed by atoms with van der Waals surface area (Å²) in [6.45, 7) is 3.11. The van der Waals surface area contributed by atoms with Crippen LogP contribution >= 0.6 is 23.5 Å². The second-order valence-electron chi connectivity index (χ2n) is 8.03. The highest BCUT2D eigenvalue weighted by molar-refractivity contribution is 8.16. The van der Waals surface area contributed by atoms with Crippen LogP contribution in [0.5, 0.6) is 0 Å². The van der Waals surface area contributed by atoms with E-state index in [2.05, 4.69) is 10.6 Å². The van der Waals surface area contributed by atoms with E-state index in [0.717, 1.165) is 0 Å². The topological polar surface area (TPSA) is 186 Å². The molecule has 39 heavy (non-hydrogen) atoms. The Bertz CT molecular complexity index is 944. The van der Waals surface area contributed by atoms with Crippen LogP contribution in [-0.4, -0.2) is 117 Å². The van der Waals surface area contributed by atoms with E-state index in [1.54, 1.807) is 13.8 Å². The van der Waals surface area contributed by atoms with Crippen molar-refractivity contribution >= 4 is 67.2 Å². The van der Waals surface area contributed by atoms with Crippen molar-refractivity contribution in [2.24, 2.45) is 0 Å². The summed E-state index contributed by atoms with van der Waals surface area (Å²) in [4.78, 5) is 48.8. The standard InChI is InChI=1S/C21H38N4O10S4/c1-3-18(26)5-9-34-11-7-22-20(28)24-25(21(29)23-8-12-35-10-6-19(27)4-2)39(32,33)16-14-37-17-36-13-15-38(24,30)31/h3-17H2,1-2H3,(H,22,28)(H,23,29). The van der Waals surface area contributed by atoms with Crippen LogP contribution in [-0.2, 0) is 39.1 Å². The highest BCUT2D eigenvalue weighted by atomic mass is 32.2. The Balaban J connectivity index is 3.02. The molecule has 0 atom stereocenters. The summed E-state index contributed by atoms with van der Waals surface area (Å²) in [5, 5.41) is 5.00. The molecule has 1 saturated heterocycles. The zero-order valence-electron chi connectivity index (χ0n) is 22.2. The van der Waals surface area contributed by atoms with Crippen LogP contribution < -0.4 is 10.6 Å². The van der Waals surface area contributed by atoms with Crippen LogP contribution in [0.1, 0.15) is 39.5 Å². The Morgan fingerprint density at radius 3 is 1.44 bits per heavy atom. The largest absolute Gasteiger partial charge is 0.379 e. The van der Waals surface area contributed by atoms with Gasteiger partial charge in [-0.1, -0.05) is 13.8 Å². The normalized spacial score (nSPS) is 17.6. The molecule has 2 N–H and O–H groups in total. The number of rotatable bonds is 14. The van der Waals surface area contributed by atoms with E-state index in [9.17, 15) is 36.0 Å². The van der Waals surface area contributed by atoms with Crippen LogP contribution in [0.2, 0.25) is 0 Å². The number of hydrogen-bond donors (Lipinski definition) is 2. The lowest BCUT2D eigenvalue weighted by Crippen LogP contribution is -2.61. The average molecular weight is 635 g/mol. The first-order valence-corrected chi connectivity index (χ1v) is 17.9. The molecule has 18 heteroatoms. The number of nitrogens with zero attached hydrogens (tertiary/aromatic N) is 2. The number of ketones is 2. The fourth-order valence-electron chi connectivity index (χ4n) is 2.85. The van der Waals surface area contributed by atoms with Gasteiger partial charge in [0.25, 0.3) is 20.0 Å². The Morgan fingerprint density at radius 2 is 1.08 bits per heavy atom. The first-order valence-electron chi connectivity index (χ1n) is 12.4. The lowest BCUT2D eigenvalue weighted by molar-refractivity contribution is -0.120. The van der Waals surface area contributed by atoms with Crippen molar-refractivity contribution in [2.45, 2.75) is 39.5 Å². The molecule has 4 amide bonds. The number of nitrogens with one attached hydrogen (secondary N) is 2. The van der Waals surface area contributed by atoms with Crippen molar-refractivity contribution in [2.75, 3.05) is 67.6 Å². The zero-order valence-corrected chi connectivity index (χ0v) is 25.5. The fourth-order valence-corrected chi connectivity index (χ4v) is 9.08. The first-order chi connectivity index (χ1) is 18.5. The van der Waals surface area contributed by atoms with Crippen molar-refractivity contribution in [3.05, 3.63) is 0 Å². The SMILES string of the molecule is CCC(=O)CCOCCNC(=O)N1N(C(=O)NCCOCCC(=O)CC)S(=O)(=O)CCSCSCCS1(=O)=O. The van der Waals surface area contributed by atoms with Crippen molar-refractivity contribution in [3.63, 3.8) is 0 Å². The van der Waals surface area contributed by atoms with Crippen molar-refractivity contribution in [1.29, 1.82) is 0 Å². The number of carbonyl (C=O) groups is 4. The number of urea groups is 2. The Labute approximate surface area is 238 Å². The summed E-state index contributed by atoms with van der Waals surface area (Å²) < 4.78 is 63.1. The Hall–Kier alpha value is -1.60. The molecular weight excluding hydrogens is 597 g/mol. The average Bonchev–Trinajstić information content (AvgIpc) is 2.90. The molecule has 1 fully saturated rings. The van der Waals surface area contributed by atoms with E-state index < -0.39 is 43.6 Å². The summed E-state index contributed by atoms with van der Waals surface area (Å²) in [5.41, 5.74) is 0. The lowest BCUT2D eigenvalue weighted by Gasteiger charge is -2.32. The van der Waals surface area contributed by atoms with E-state index in [1.807, 2.05) is 0 Å². The van der Waals surface area contributed by atoms with Crippen LogP contribution in [0.25, 0.3) is 0 Å². The molecule has 0 spiro atoms. The molecular formula is C21H38N4O10S4. The smallest absolute Gasteiger partial charge is 0.351 e. The predicted octanol–water partition coefficient (Wildman–Crippen LogP) is 0.793. The minimum absolute atomic E-state index is 0.00333. The molecule has 226 valence electrons. The van der Waals surface area contributed by atoms with Crippen LogP contribution in [0.3, 0.4) is 0 Å². The van der Waals surface area contributed by atoms with Gasteiger partial charge in [0, 0.05) is 55.4 Å². The van der Waals surface area contributed by atoms with Gasteiger partial charge in [-0.15, -0.1) is 32.4 Å². The van der Waals surface area contributed by atoms with Gasteiger partial charge in [0.05, 0.1) is 37.9 Å². The maximum atomic E-state index is 13.2. The third kappa shape index (κ3) is 13.5. The van der Waals surface area contributed by atoms with Gasteiger partial charge >= 0.3 is 12.1 Å². The summed E-state index contributed by atoms with van der Waals surface area (Å²) in [7, 11) is -9.19. The van der Waals surface area contributed by atoms with E-state index in [4.69, 9.17) is 9.47 Å². The van der Waals surface area contributed by atoms with Gasteiger partial charge in [0.2, 0.25) is 0 Å². The highest BCUT2D eigenvalue weighted by Crippen LogP contribution is 2.21. The molecule has 1 aliphatic rings. The minimum atomic E-state index is -4.59. The predicted molar refractivity (Wildman–Crippen MR) is 149 cm³/mol. The summed E-state index contributed by atoms with van der Waals surface area (Å²) >= 11 is 2.53. The first kappa shape index (κ1) is 35.4. The number of sulfonamides is 2. The number of Topliss-reactive ketones (excluding diaryl/α,β-unsaturated/α-hetero) is 2. The van der Waals surface area contributed by atoms with Crippen molar-refractivity contribution in [1.82, 2.24) is 19.5 Å². The molecule has 1 heterocycles. The number of amides is 4. The fraction of sp³-hybridized carbons (Fsp3) is 0.810.